The van der Waals surface area contributed by atoms with Crippen LogP contribution < -0.4 is 0 Å². The van der Waals surface area contributed by atoms with Crippen molar-refractivity contribution in [2.24, 2.45) is 29.6 Å². The van der Waals surface area contributed by atoms with Gasteiger partial charge in [0.15, 0.2) is 0 Å². The summed E-state index contributed by atoms with van der Waals surface area (Å²) in [5, 5.41) is 15.4. The zero-order chi connectivity index (χ0) is 23.5. The highest BCUT2D eigenvalue weighted by molar-refractivity contribution is 7.87. The van der Waals surface area contributed by atoms with Crippen LogP contribution in [0.5, 0.6) is 0 Å². The molecule has 0 amide bonds. The molecule has 2 aliphatic carbocycles. The largest absolute Gasteiger partial charge is 0.465 e. The van der Waals surface area contributed by atoms with Crippen molar-refractivity contribution in [3.8, 4) is 0 Å². The lowest BCUT2D eigenvalue weighted by molar-refractivity contribution is -0.178. The zero-order valence-electron chi connectivity index (χ0n) is 17.1. The highest BCUT2D eigenvalue weighted by atomic mass is 32.2. The number of aliphatic hydroxyl groups is 2. The Balaban J connectivity index is 2.06. The Kier molecular flexibility index (Phi) is 6.37. The van der Waals surface area contributed by atoms with Crippen LogP contribution in [-0.2, 0) is 19.6 Å². The third kappa shape index (κ3) is 4.46. The van der Waals surface area contributed by atoms with Gasteiger partial charge in [-0.15, -0.1) is 0 Å². The van der Waals surface area contributed by atoms with Gasteiger partial charge in [-0.05, 0) is 64.2 Å². The van der Waals surface area contributed by atoms with Crippen LogP contribution >= 0.6 is 0 Å². The third-order valence-corrected chi connectivity index (χ3v) is 7.30. The lowest BCUT2D eigenvalue weighted by Crippen LogP contribution is -2.51. The van der Waals surface area contributed by atoms with Crippen LogP contribution in [0.4, 0.5) is 17.6 Å². The molecule has 0 aliphatic heterocycles. The highest BCUT2D eigenvalue weighted by Gasteiger charge is 2.65. The summed E-state index contributed by atoms with van der Waals surface area (Å²) in [5.41, 5.74) is -2.37. The molecule has 0 aromatic carbocycles. The Bertz CT molecular complexity index is 770. The van der Waals surface area contributed by atoms with Crippen LogP contribution in [0.25, 0.3) is 0 Å². The second-order valence-corrected chi connectivity index (χ2v) is 10.9. The molecule has 0 spiro atoms. The molecule has 5 unspecified atom stereocenters. The van der Waals surface area contributed by atoms with Crippen molar-refractivity contribution in [2.75, 3.05) is 6.61 Å². The first-order valence-corrected chi connectivity index (χ1v) is 11.0. The maximum atomic E-state index is 13.5. The van der Waals surface area contributed by atoms with E-state index < -0.39 is 69.2 Å². The number of carbonyl (C=O) groups is 1. The summed E-state index contributed by atoms with van der Waals surface area (Å²) >= 11 is 0. The number of halogens is 4. The first-order valence-electron chi connectivity index (χ1n) is 9.56. The molecule has 0 heterocycles. The van der Waals surface area contributed by atoms with Crippen LogP contribution in [-0.4, -0.2) is 58.1 Å². The van der Waals surface area contributed by atoms with Crippen molar-refractivity contribution in [3.63, 3.8) is 0 Å². The lowest BCUT2D eigenvalue weighted by Gasteiger charge is -2.46. The molecule has 2 bridgehead atoms. The molecule has 30 heavy (non-hydrogen) atoms. The van der Waals surface area contributed by atoms with Crippen LogP contribution in [0, 0.1) is 29.6 Å². The third-order valence-electron chi connectivity index (χ3n) is 6.35. The average molecular weight is 464 g/mol. The molecule has 7 nitrogen and oxygen atoms in total. The van der Waals surface area contributed by atoms with E-state index in [0.29, 0.717) is 12.8 Å². The number of fused-ring (bicyclic) bond motifs is 2. The number of hydrogen-bond donors (Lipinski definition) is 3. The van der Waals surface area contributed by atoms with E-state index in [1.807, 2.05) is 0 Å². The molecule has 3 N–H and O–H groups in total. The fourth-order valence-electron chi connectivity index (χ4n) is 5.33. The summed E-state index contributed by atoms with van der Waals surface area (Å²) in [7, 11) is -6.35. The van der Waals surface area contributed by atoms with Gasteiger partial charge in [-0.25, -0.2) is 0 Å². The van der Waals surface area contributed by atoms with Crippen LogP contribution in [0.1, 0.15) is 47.0 Å². The van der Waals surface area contributed by atoms with Crippen molar-refractivity contribution in [1.29, 1.82) is 0 Å². The van der Waals surface area contributed by atoms with Crippen molar-refractivity contribution in [1.82, 2.24) is 0 Å². The smallest absolute Gasteiger partial charge is 0.431 e. The van der Waals surface area contributed by atoms with E-state index in [1.54, 1.807) is 27.7 Å². The predicted octanol–water partition coefficient (Wildman–Crippen LogP) is 2.47. The molecule has 12 heteroatoms. The lowest BCUT2D eigenvalue weighted by atomic mass is 9.63. The Hall–Kier alpha value is -0.980. The number of alkyl halides is 4. The van der Waals surface area contributed by atoms with Crippen molar-refractivity contribution in [2.45, 2.75) is 69.3 Å². The summed E-state index contributed by atoms with van der Waals surface area (Å²) in [6.07, 6.45) is -0.990. The van der Waals surface area contributed by atoms with E-state index in [2.05, 4.69) is 0 Å². The number of rotatable bonds is 8. The minimum Gasteiger partial charge on any atom is -0.465 e. The van der Waals surface area contributed by atoms with Gasteiger partial charge >= 0.3 is 27.3 Å². The molecule has 176 valence electrons. The molecule has 0 radical (unpaired) electrons. The van der Waals surface area contributed by atoms with E-state index in [1.165, 1.54) is 0 Å². The maximum absolute atomic E-state index is 13.5. The van der Waals surface area contributed by atoms with Gasteiger partial charge < -0.3 is 14.9 Å². The van der Waals surface area contributed by atoms with E-state index in [-0.39, 0.29) is 11.8 Å². The Morgan fingerprint density at radius 1 is 1.00 bits per heavy atom. The van der Waals surface area contributed by atoms with Gasteiger partial charge in [0.05, 0.1) is 30.1 Å². The first-order chi connectivity index (χ1) is 13.2. The Labute approximate surface area is 172 Å². The van der Waals surface area contributed by atoms with E-state index >= 15 is 0 Å². The van der Waals surface area contributed by atoms with Gasteiger partial charge in [0.25, 0.3) is 0 Å². The normalized spacial score (nSPS) is 30.6. The van der Waals surface area contributed by atoms with Gasteiger partial charge in [0, 0.05) is 0 Å². The summed E-state index contributed by atoms with van der Waals surface area (Å²) in [4.78, 5) is 12.4. The summed E-state index contributed by atoms with van der Waals surface area (Å²) in [5.74, 6) is -8.09. The molecule has 2 fully saturated rings. The maximum Gasteiger partial charge on any atom is 0.431 e. The SMILES string of the molecule is CC(C)(O)C1C2CC(C(=O)OCCC(F)(F)C(F)(F)S(=O)(=O)O)C(C2)C1C(C)(C)O. The highest BCUT2D eigenvalue weighted by Crippen LogP contribution is 2.61. The monoisotopic (exact) mass is 464 g/mol. The summed E-state index contributed by atoms with van der Waals surface area (Å²) < 4.78 is 87.6. The fourth-order valence-corrected chi connectivity index (χ4v) is 5.81. The fraction of sp³-hybridized carbons (Fsp3) is 0.944. The average Bonchev–Trinajstić information content (AvgIpc) is 3.10. The Morgan fingerprint density at radius 2 is 1.50 bits per heavy atom. The van der Waals surface area contributed by atoms with Gasteiger partial charge in [0.2, 0.25) is 0 Å². The van der Waals surface area contributed by atoms with Crippen LogP contribution in [0.3, 0.4) is 0 Å². The molecule has 2 saturated carbocycles. The molecule has 0 saturated heterocycles. The van der Waals surface area contributed by atoms with E-state index in [9.17, 15) is 41.0 Å². The number of hydrogen-bond acceptors (Lipinski definition) is 6. The number of ether oxygens (including phenoxy) is 1. The van der Waals surface area contributed by atoms with Crippen LogP contribution in [0.15, 0.2) is 0 Å². The van der Waals surface area contributed by atoms with Gasteiger partial charge in [-0.1, -0.05) is 0 Å². The summed E-state index contributed by atoms with van der Waals surface area (Å²) in [6.45, 7) is 5.16. The molecular formula is C18H28F4O7S. The van der Waals surface area contributed by atoms with Crippen LogP contribution in [0.2, 0.25) is 0 Å². The second-order valence-electron chi connectivity index (χ2n) is 9.47. The molecule has 2 aliphatic rings. The zero-order valence-corrected chi connectivity index (χ0v) is 17.9. The quantitative estimate of drug-likeness (QED) is 0.287. The van der Waals surface area contributed by atoms with E-state index in [4.69, 9.17) is 9.29 Å². The molecule has 5 atom stereocenters. The van der Waals surface area contributed by atoms with E-state index in [0.717, 1.165) is 0 Å². The second kappa shape index (κ2) is 7.56. The molecule has 0 aromatic heterocycles. The van der Waals surface area contributed by atoms with Gasteiger partial charge in [-0.3, -0.25) is 9.35 Å². The topological polar surface area (TPSA) is 121 Å². The number of carbonyl (C=O) groups excluding carboxylic acids is 1. The van der Waals surface area contributed by atoms with Crippen molar-refractivity contribution >= 4 is 16.1 Å². The first kappa shape index (κ1) is 25.3. The minimum absolute atomic E-state index is 0.116. The van der Waals surface area contributed by atoms with Gasteiger partial charge in [-0.2, -0.15) is 26.0 Å². The van der Waals surface area contributed by atoms with Crippen molar-refractivity contribution < 1.29 is 50.3 Å². The van der Waals surface area contributed by atoms with Gasteiger partial charge in [0.1, 0.15) is 0 Å². The Morgan fingerprint density at radius 3 is 1.93 bits per heavy atom. The standard InChI is InChI=1S/C18H28F4O7S/c1-15(2,24)12-9-7-10(13(12)16(3,4)25)11(8-9)14(23)29-6-5-17(19,20)18(21,22)30(26,27)28/h9-13,24-25H,5-8H2,1-4H3,(H,26,27,28). The predicted molar refractivity (Wildman–Crippen MR) is 96.3 cm³/mol. The molecular weight excluding hydrogens is 436 g/mol. The summed E-state index contributed by atoms with van der Waals surface area (Å²) in [6, 6.07) is 0. The minimum atomic E-state index is -6.35. The molecule has 0 aromatic rings. The number of esters is 1. The van der Waals surface area contributed by atoms with Crippen molar-refractivity contribution in [3.05, 3.63) is 0 Å². The molecule has 2 rings (SSSR count).